The summed E-state index contributed by atoms with van der Waals surface area (Å²) in [4.78, 5) is 38.1. The van der Waals surface area contributed by atoms with E-state index in [4.69, 9.17) is 14.2 Å². The van der Waals surface area contributed by atoms with Crippen molar-refractivity contribution in [2.75, 3.05) is 13.2 Å². The average Bonchev–Trinajstić information content (AvgIpc) is 3.34. The second-order valence-electron chi connectivity index (χ2n) is 19.2. The molecule has 0 aromatic rings. The van der Waals surface area contributed by atoms with Crippen molar-refractivity contribution < 1.29 is 28.6 Å². The molecule has 0 radical (unpaired) electrons. The van der Waals surface area contributed by atoms with Gasteiger partial charge in [-0.3, -0.25) is 14.4 Å². The van der Waals surface area contributed by atoms with Crippen molar-refractivity contribution in [1.29, 1.82) is 0 Å². The van der Waals surface area contributed by atoms with E-state index in [0.29, 0.717) is 19.3 Å². The lowest BCUT2D eigenvalue weighted by molar-refractivity contribution is -0.167. The van der Waals surface area contributed by atoms with Gasteiger partial charge in [-0.05, 0) is 89.9 Å². The molecule has 0 fully saturated rings. The fourth-order valence-electron chi connectivity index (χ4n) is 8.11. The van der Waals surface area contributed by atoms with Crippen molar-refractivity contribution >= 4 is 17.9 Å². The van der Waals surface area contributed by atoms with E-state index in [2.05, 4.69) is 93.7 Å². The standard InChI is InChI=1S/C62H108O6/c1-4-7-10-13-16-19-22-25-27-29-31-33-34-37-40-43-46-49-52-55-61(64)67-58-59(57-66-60(63)54-51-48-45-42-39-36-24-21-18-15-12-9-6-3)68-62(65)56-53-50-47-44-41-38-35-32-30-28-26-23-20-17-14-11-8-5-2/h9,12,16,18-19,21,25,27,31,33,36,39,59H,4-8,10-11,13-15,17,20,22-24,26,28-30,32,34-35,37-38,40-58H2,1-3H3/b12-9-,19-16-,21-18-,27-25-,33-31-,39-36-. The van der Waals surface area contributed by atoms with Crippen LogP contribution in [0.2, 0.25) is 0 Å². The molecule has 0 bridgehead atoms. The van der Waals surface area contributed by atoms with E-state index in [-0.39, 0.29) is 31.1 Å². The number of hydrogen-bond donors (Lipinski definition) is 0. The Bertz CT molecular complexity index is 1270. The summed E-state index contributed by atoms with van der Waals surface area (Å²) >= 11 is 0. The highest BCUT2D eigenvalue weighted by atomic mass is 16.6. The number of hydrogen-bond acceptors (Lipinski definition) is 6. The molecule has 0 aliphatic heterocycles. The van der Waals surface area contributed by atoms with E-state index in [0.717, 1.165) is 103 Å². The Morgan fingerprint density at radius 2 is 0.574 bits per heavy atom. The van der Waals surface area contributed by atoms with Crippen LogP contribution in [-0.2, 0) is 28.6 Å². The molecular formula is C62H108O6. The Balaban J connectivity index is 4.39. The van der Waals surface area contributed by atoms with Gasteiger partial charge in [-0.2, -0.15) is 0 Å². The van der Waals surface area contributed by atoms with Crippen molar-refractivity contribution in [3.63, 3.8) is 0 Å². The third-order valence-corrected chi connectivity index (χ3v) is 12.4. The number of carbonyl (C=O) groups is 3. The molecule has 0 amide bonds. The van der Waals surface area contributed by atoms with E-state index in [1.54, 1.807) is 0 Å². The lowest BCUT2D eigenvalue weighted by atomic mass is 10.0. The minimum Gasteiger partial charge on any atom is -0.462 e. The number of allylic oxidation sites excluding steroid dienone is 12. The van der Waals surface area contributed by atoms with Gasteiger partial charge in [-0.15, -0.1) is 0 Å². The maximum Gasteiger partial charge on any atom is 0.306 e. The summed E-state index contributed by atoms with van der Waals surface area (Å²) in [5, 5.41) is 0. The fraction of sp³-hybridized carbons (Fsp3) is 0.758. The predicted octanol–water partition coefficient (Wildman–Crippen LogP) is 19.4. The van der Waals surface area contributed by atoms with Crippen molar-refractivity contribution in [2.24, 2.45) is 0 Å². The van der Waals surface area contributed by atoms with Gasteiger partial charge in [0.25, 0.3) is 0 Å². The Morgan fingerprint density at radius 1 is 0.309 bits per heavy atom. The summed E-state index contributed by atoms with van der Waals surface area (Å²) < 4.78 is 16.8. The van der Waals surface area contributed by atoms with Crippen molar-refractivity contribution in [3.05, 3.63) is 72.9 Å². The predicted molar refractivity (Wildman–Crippen MR) is 293 cm³/mol. The smallest absolute Gasteiger partial charge is 0.306 e. The van der Waals surface area contributed by atoms with Crippen LogP contribution < -0.4 is 0 Å². The molecule has 0 aromatic heterocycles. The molecular weight excluding hydrogens is 841 g/mol. The first-order chi connectivity index (χ1) is 33.5. The summed E-state index contributed by atoms with van der Waals surface area (Å²) in [5.74, 6) is -0.921. The Labute approximate surface area is 421 Å². The molecule has 6 nitrogen and oxygen atoms in total. The van der Waals surface area contributed by atoms with Gasteiger partial charge in [0.05, 0.1) is 0 Å². The monoisotopic (exact) mass is 949 g/mol. The fourth-order valence-corrected chi connectivity index (χ4v) is 8.11. The maximum absolute atomic E-state index is 12.9. The normalized spacial score (nSPS) is 12.6. The van der Waals surface area contributed by atoms with Gasteiger partial charge in [0.15, 0.2) is 6.10 Å². The Kier molecular flexibility index (Phi) is 53.8. The molecule has 392 valence electrons. The molecule has 0 saturated heterocycles. The number of carbonyl (C=O) groups excluding carboxylic acids is 3. The number of esters is 3. The molecule has 0 aliphatic carbocycles. The topological polar surface area (TPSA) is 78.9 Å². The van der Waals surface area contributed by atoms with Gasteiger partial charge in [-0.1, -0.05) is 248 Å². The largest absolute Gasteiger partial charge is 0.462 e. The Morgan fingerprint density at radius 3 is 0.941 bits per heavy atom. The van der Waals surface area contributed by atoms with Crippen molar-refractivity contribution in [3.8, 4) is 0 Å². The van der Waals surface area contributed by atoms with Gasteiger partial charge in [0.2, 0.25) is 0 Å². The third-order valence-electron chi connectivity index (χ3n) is 12.4. The van der Waals surface area contributed by atoms with Crippen LogP contribution in [0.5, 0.6) is 0 Å². The SMILES string of the molecule is CC/C=C\C/C=C\C/C=C\CCCCCC(=O)OCC(COC(=O)CCCCCCCC/C=C\C/C=C\C/C=C\CCCCC)OC(=O)CCCCCCCCCCCCCCCCCCCC. The van der Waals surface area contributed by atoms with E-state index in [9.17, 15) is 14.4 Å². The summed E-state index contributed by atoms with van der Waals surface area (Å²) in [6.07, 6.45) is 71.8. The number of unbranched alkanes of at least 4 members (excludes halogenated alkanes) is 29. The maximum atomic E-state index is 12.9. The molecule has 0 saturated carbocycles. The molecule has 1 unspecified atom stereocenters. The van der Waals surface area contributed by atoms with E-state index in [1.807, 2.05) is 0 Å². The second kappa shape index (κ2) is 56.4. The third kappa shape index (κ3) is 53.8. The average molecular weight is 950 g/mol. The lowest BCUT2D eigenvalue weighted by Gasteiger charge is -2.18. The summed E-state index contributed by atoms with van der Waals surface area (Å²) in [7, 11) is 0. The first-order valence-electron chi connectivity index (χ1n) is 28.9. The summed E-state index contributed by atoms with van der Waals surface area (Å²) in [6, 6.07) is 0. The Hall–Kier alpha value is -3.15. The van der Waals surface area contributed by atoms with E-state index in [1.165, 1.54) is 141 Å². The summed E-state index contributed by atoms with van der Waals surface area (Å²) in [5.41, 5.74) is 0. The zero-order valence-corrected chi connectivity index (χ0v) is 44.9. The highest BCUT2D eigenvalue weighted by molar-refractivity contribution is 5.71. The van der Waals surface area contributed by atoms with Crippen LogP contribution in [0.3, 0.4) is 0 Å². The minimum atomic E-state index is -0.792. The van der Waals surface area contributed by atoms with Crippen molar-refractivity contribution in [1.82, 2.24) is 0 Å². The number of ether oxygens (including phenoxy) is 3. The molecule has 0 aromatic carbocycles. The van der Waals surface area contributed by atoms with Gasteiger partial charge >= 0.3 is 17.9 Å². The zero-order chi connectivity index (χ0) is 49.3. The first kappa shape index (κ1) is 64.8. The molecule has 0 N–H and O–H groups in total. The van der Waals surface area contributed by atoms with Gasteiger partial charge in [0, 0.05) is 19.3 Å². The minimum absolute atomic E-state index is 0.0899. The van der Waals surface area contributed by atoms with Crippen LogP contribution in [0.1, 0.15) is 284 Å². The molecule has 1 atom stereocenters. The van der Waals surface area contributed by atoms with Crippen molar-refractivity contribution in [2.45, 2.75) is 290 Å². The second-order valence-corrected chi connectivity index (χ2v) is 19.2. The van der Waals surface area contributed by atoms with Gasteiger partial charge < -0.3 is 14.2 Å². The van der Waals surface area contributed by atoms with Gasteiger partial charge in [-0.25, -0.2) is 0 Å². The molecule has 0 spiro atoms. The quantitative estimate of drug-likeness (QED) is 0.0262. The van der Waals surface area contributed by atoms with Crippen LogP contribution >= 0.6 is 0 Å². The highest BCUT2D eigenvalue weighted by Crippen LogP contribution is 2.16. The van der Waals surface area contributed by atoms with Crippen LogP contribution in [0, 0.1) is 0 Å². The molecule has 0 aliphatic rings. The van der Waals surface area contributed by atoms with E-state index < -0.39 is 6.10 Å². The van der Waals surface area contributed by atoms with Crippen LogP contribution in [0.25, 0.3) is 0 Å². The highest BCUT2D eigenvalue weighted by Gasteiger charge is 2.19. The van der Waals surface area contributed by atoms with E-state index >= 15 is 0 Å². The molecule has 0 heterocycles. The number of rotatable bonds is 52. The van der Waals surface area contributed by atoms with Crippen LogP contribution in [-0.4, -0.2) is 37.2 Å². The van der Waals surface area contributed by atoms with Crippen LogP contribution in [0.15, 0.2) is 72.9 Å². The van der Waals surface area contributed by atoms with Gasteiger partial charge in [0.1, 0.15) is 13.2 Å². The molecule has 68 heavy (non-hydrogen) atoms. The lowest BCUT2D eigenvalue weighted by Crippen LogP contribution is -2.30. The summed E-state index contributed by atoms with van der Waals surface area (Å²) in [6.45, 7) is 6.49. The molecule has 6 heteroatoms. The zero-order valence-electron chi connectivity index (χ0n) is 44.9. The van der Waals surface area contributed by atoms with Crippen LogP contribution in [0.4, 0.5) is 0 Å². The molecule has 0 rings (SSSR count). The first-order valence-corrected chi connectivity index (χ1v) is 28.9.